The summed E-state index contributed by atoms with van der Waals surface area (Å²) in [6.07, 6.45) is 0. The van der Waals surface area contributed by atoms with Gasteiger partial charge in [0.25, 0.3) is 0 Å². The van der Waals surface area contributed by atoms with Crippen LogP contribution in [-0.2, 0) is 11.2 Å². The van der Waals surface area contributed by atoms with Crippen LogP contribution in [0.25, 0.3) is 0 Å². The Kier molecular flexibility index (Phi) is 3.37. The molecule has 0 saturated carbocycles. The second-order valence-electron chi connectivity index (χ2n) is 0.167. The summed E-state index contributed by atoms with van der Waals surface area (Å²) >= 11 is -1.58. The zero-order valence-corrected chi connectivity index (χ0v) is 6.40. The van der Waals surface area contributed by atoms with Crippen LogP contribution < -0.4 is 0 Å². The minimum atomic E-state index is -1.58. The molecule has 0 nitrogen and oxygen atoms in total. The average molecular weight is 288 g/mol. The van der Waals surface area contributed by atoms with Crippen LogP contribution in [0.1, 0.15) is 0 Å². The van der Waals surface area contributed by atoms with Gasteiger partial charge >= 0.3 is 41.2 Å². The summed E-state index contributed by atoms with van der Waals surface area (Å²) in [6, 6.07) is 0. The molecular weight excluding hydrogens is 288 g/mol. The van der Waals surface area contributed by atoms with Crippen LogP contribution in [0.5, 0.6) is 0 Å². The molecule has 0 fully saturated rings. The van der Waals surface area contributed by atoms with Crippen molar-refractivity contribution >= 4 is 30.0 Å². The van der Waals surface area contributed by atoms with Gasteiger partial charge in [0.2, 0.25) is 0 Å². The van der Waals surface area contributed by atoms with E-state index in [1.807, 2.05) is 0 Å². The van der Waals surface area contributed by atoms with Crippen molar-refractivity contribution in [2.45, 2.75) is 0 Å². The molecule has 0 aromatic rings. The molecule has 0 bridgehead atoms. The molecule has 0 radical (unpaired) electrons. The quantitative estimate of drug-likeness (QED) is 0.669. The molecule has 0 aliphatic rings. The zero-order chi connectivity index (χ0) is 3.58. The van der Waals surface area contributed by atoms with E-state index in [9.17, 15) is 0 Å². The van der Waals surface area contributed by atoms with E-state index >= 15 is 0 Å². The molecule has 0 saturated heterocycles. The maximum absolute atomic E-state index is 4.42. The third kappa shape index (κ3) is 10.3. The van der Waals surface area contributed by atoms with E-state index in [0.29, 0.717) is 0 Å². The molecule has 0 rings (SSSR count). The van der Waals surface area contributed by atoms with Crippen LogP contribution in [0.15, 0.2) is 0 Å². The van der Waals surface area contributed by atoms with Crippen LogP contribution in [-0.4, -0.2) is 0 Å². The standard InChI is InChI=1S/Ir.3S. The fourth-order valence-electron chi connectivity index (χ4n) is 0. The first-order chi connectivity index (χ1) is 1.73. The van der Waals surface area contributed by atoms with Gasteiger partial charge in [-0.15, -0.1) is 0 Å². The molecule has 4 heavy (non-hydrogen) atoms. The van der Waals surface area contributed by atoms with Gasteiger partial charge in [-0.25, -0.2) is 0 Å². The fraction of sp³-hybridized carbons (Fsp3) is 0. The van der Waals surface area contributed by atoms with Crippen LogP contribution >= 0.6 is 30.0 Å². The Labute approximate surface area is 41.0 Å². The van der Waals surface area contributed by atoms with Gasteiger partial charge in [0.15, 0.2) is 0 Å². The van der Waals surface area contributed by atoms with E-state index in [0.717, 1.165) is 0 Å². The van der Waals surface area contributed by atoms with Crippen molar-refractivity contribution in [3.8, 4) is 0 Å². The first kappa shape index (κ1) is 5.31. The van der Waals surface area contributed by atoms with E-state index < -0.39 is 11.2 Å². The number of hydrogen-bond acceptors (Lipinski definition) is 3. The maximum atomic E-state index is 4.42. The van der Waals surface area contributed by atoms with Crippen molar-refractivity contribution in [2.24, 2.45) is 0 Å². The molecule has 0 aliphatic carbocycles. The van der Waals surface area contributed by atoms with Gasteiger partial charge in [-0.1, -0.05) is 0 Å². The predicted octanol–water partition coefficient (Wildman–Crippen LogP) is 1.94. The summed E-state index contributed by atoms with van der Waals surface area (Å²) in [5.74, 6) is 0. The van der Waals surface area contributed by atoms with Gasteiger partial charge in [-0.3, -0.25) is 0 Å². The molecular formula is IrS3. The SMILES string of the molecule is [S]=[Ir](=[S])=[S]. The monoisotopic (exact) mass is 289 g/mol. The molecule has 27 valence electrons. The first-order valence-corrected chi connectivity index (χ1v) is 10.0. The molecule has 0 amide bonds. The number of rotatable bonds is 0. The Bertz CT molecular complexity index is 72.7. The molecule has 0 heterocycles. The van der Waals surface area contributed by atoms with E-state index in [-0.39, 0.29) is 0 Å². The summed E-state index contributed by atoms with van der Waals surface area (Å²) in [5, 5.41) is 0. The Morgan fingerprint density at radius 3 is 1.00 bits per heavy atom. The minimum absolute atomic E-state index is 1.58. The molecule has 0 aromatic heterocycles. The Morgan fingerprint density at radius 2 is 1.00 bits per heavy atom. The molecule has 0 aromatic carbocycles. The van der Waals surface area contributed by atoms with Gasteiger partial charge in [0.05, 0.1) is 0 Å². The topological polar surface area (TPSA) is 0 Å². The van der Waals surface area contributed by atoms with Crippen molar-refractivity contribution in [1.29, 1.82) is 0 Å². The van der Waals surface area contributed by atoms with Crippen molar-refractivity contribution in [3.05, 3.63) is 0 Å². The van der Waals surface area contributed by atoms with Gasteiger partial charge in [0.1, 0.15) is 0 Å². The van der Waals surface area contributed by atoms with E-state index in [1.54, 1.807) is 0 Å². The molecule has 4 heteroatoms. The summed E-state index contributed by atoms with van der Waals surface area (Å²) < 4.78 is 0. The fourth-order valence-corrected chi connectivity index (χ4v) is 0. The van der Waals surface area contributed by atoms with Crippen LogP contribution in [0.2, 0.25) is 0 Å². The Morgan fingerprint density at radius 1 is 1.00 bits per heavy atom. The van der Waals surface area contributed by atoms with Gasteiger partial charge < -0.3 is 0 Å². The molecule has 0 unspecified atom stereocenters. The van der Waals surface area contributed by atoms with Gasteiger partial charge in [-0.05, 0) is 0 Å². The summed E-state index contributed by atoms with van der Waals surface area (Å²) in [5.41, 5.74) is 0. The summed E-state index contributed by atoms with van der Waals surface area (Å²) in [6.45, 7) is 0. The first-order valence-electron chi connectivity index (χ1n) is 0.408. The Hall–Kier alpha value is 1.31. The molecule has 0 atom stereocenters. The van der Waals surface area contributed by atoms with Crippen LogP contribution in [0.4, 0.5) is 0 Å². The second kappa shape index (κ2) is 2.54. The third-order valence-electron chi connectivity index (χ3n) is 0. The normalized spacial score (nSPS) is 8.25. The van der Waals surface area contributed by atoms with Crippen molar-refractivity contribution in [1.82, 2.24) is 0 Å². The van der Waals surface area contributed by atoms with E-state index in [4.69, 9.17) is 0 Å². The van der Waals surface area contributed by atoms with Crippen LogP contribution in [0, 0.1) is 0 Å². The number of hydrogen-bond donors (Lipinski definition) is 0. The Balaban J connectivity index is 4.65. The zero-order valence-electron chi connectivity index (χ0n) is 1.56. The second-order valence-corrected chi connectivity index (χ2v) is 12.3. The third-order valence-corrected chi connectivity index (χ3v) is 0. The van der Waals surface area contributed by atoms with Crippen molar-refractivity contribution in [3.63, 3.8) is 0 Å². The van der Waals surface area contributed by atoms with Gasteiger partial charge in [-0.2, -0.15) is 0 Å². The van der Waals surface area contributed by atoms with Crippen molar-refractivity contribution in [2.75, 3.05) is 0 Å². The van der Waals surface area contributed by atoms with E-state index in [2.05, 4.69) is 30.0 Å². The predicted molar refractivity (Wildman–Crippen MR) is 22.8 cm³/mol. The summed E-state index contributed by atoms with van der Waals surface area (Å²) in [4.78, 5) is 0. The van der Waals surface area contributed by atoms with Gasteiger partial charge in [0, 0.05) is 0 Å². The molecule has 0 N–H and O–H groups in total. The van der Waals surface area contributed by atoms with E-state index in [1.165, 1.54) is 0 Å². The summed E-state index contributed by atoms with van der Waals surface area (Å²) in [7, 11) is 13.2. The average Bonchev–Trinajstić information content (AvgIpc) is 0.811. The molecule has 0 aliphatic heterocycles. The van der Waals surface area contributed by atoms with Crippen LogP contribution in [0.3, 0.4) is 0 Å². The van der Waals surface area contributed by atoms with Crippen molar-refractivity contribution < 1.29 is 11.2 Å². The molecule has 0 spiro atoms.